The molecule has 1 aliphatic carbocycles. The van der Waals surface area contributed by atoms with Gasteiger partial charge in [-0.1, -0.05) is 6.07 Å². The molecule has 9 heteroatoms. The van der Waals surface area contributed by atoms with Crippen LogP contribution in [0.1, 0.15) is 31.2 Å². The Morgan fingerprint density at radius 3 is 2.71 bits per heavy atom. The second-order valence-corrected chi connectivity index (χ2v) is 9.49. The van der Waals surface area contributed by atoms with E-state index in [2.05, 4.69) is 15.1 Å². The highest BCUT2D eigenvalue weighted by molar-refractivity contribution is 7.91. The van der Waals surface area contributed by atoms with Crippen molar-refractivity contribution in [1.29, 1.82) is 0 Å². The Morgan fingerprint density at radius 1 is 1.21 bits per heavy atom. The molecule has 0 atom stereocenters. The van der Waals surface area contributed by atoms with Gasteiger partial charge in [0.15, 0.2) is 21.3 Å². The molecule has 0 saturated heterocycles. The van der Waals surface area contributed by atoms with Crippen molar-refractivity contribution < 1.29 is 13.5 Å². The quantitative estimate of drug-likeness (QED) is 0.685. The summed E-state index contributed by atoms with van der Waals surface area (Å²) in [6.45, 7) is 1.91. The van der Waals surface area contributed by atoms with E-state index in [4.69, 9.17) is 5.73 Å². The molecule has 2 heterocycles. The number of aryl methyl sites for hydroxylation is 1. The SMILES string of the molecule is Cc1ccc(S(=O)(=O)C[C@H]2CC[C@@H](O)CC2)cc1-c1cnc2c(N)ncnn12. The van der Waals surface area contributed by atoms with Gasteiger partial charge in [0.1, 0.15) is 6.33 Å². The molecule has 0 bridgehead atoms. The van der Waals surface area contributed by atoms with Gasteiger partial charge in [-0.15, -0.1) is 0 Å². The lowest BCUT2D eigenvalue weighted by molar-refractivity contribution is 0.113. The van der Waals surface area contributed by atoms with Crippen molar-refractivity contribution in [2.24, 2.45) is 5.92 Å². The number of hydrogen-bond donors (Lipinski definition) is 2. The summed E-state index contributed by atoms with van der Waals surface area (Å²) in [5, 5.41) is 13.8. The summed E-state index contributed by atoms with van der Waals surface area (Å²) in [6.07, 6.45) is 5.49. The summed E-state index contributed by atoms with van der Waals surface area (Å²) in [4.78, 5) is 8.49. The zero-order valence-electron chi connectivity index (χ0n) is 15.6. The molecule has 1 aliphatic rings. The van der Waals surface area contributed by atoms with Crippen molar-refractivity contribution >= 4 is 21.3 Å². The smallest absolute Gasteiger partial charge is 0.197 e. The molecule has 0 spiro atoms. The highest BCUT2D eigenvalue weighted by Gasteiger charge is 2.26. The number of fused-ring (bicyclic) bond motifs is 1. The average Bonchev–Trinajstić information content (AvgIpc) is 3.09. The summed E-state index contributed by atoms with van der Waals surface area (Å²) in [5.41, 5.74) is 8.61. The predicted octanol–water partition coefficient (Wildman–Crippen LogP) is 2.01. The second kappa shape index (κ2) is 7.14. The Kier molecular flexibility index (Phi) is 4.80. The van der Waals surface area contributed by atoms with Crippen molar-refractivity contribution in [2.75, 3.05) is 11.5 Å². The Bertz CT molecular complexity index is 1120. The van der Waals surface area contributed by atoms with Crippen LogP contribution in [-0.4, -0.2) is 45.0 Å². The number of sulfone groups is 1. The van der Waals surface area contributed by atoms with Gasteiger partial charge in [0.25, 0.3) is 0 Å². The third-order valence-corrected chi connectivity index (χ3v) is 7.33. The first kappa shape index (κ1) is 18.8. The maximum Gasteiger partial charge on any atom is 0.197 e. The summed E-state index contributed by atoms with van der Waals surface area (Å²) < 4.78 is 27.6. The zero-order valence-corrected chi connectivity index (χ0v) is 16.4. The van der Waals surface area contributed by atoms with E-state index in [1.807, 2.05) is 6.92 Å². The number of hydrogen-bond acceptors (Lipinski definition) is 7. The van der Waals surface area contributed by atoms with Crippen molar-refractivity contribution in [2.45, 2.75) is 43.6 Å². The highest BCUT2D eigenvalue weighted by Crippen LogP contribution is 2.31. The van der Waals surface area contributed by atoms with E-state index in [1.54, 1.807) is 28.9 Å². The maximum absolute atomic E-state index is 13.0. The molecular formula is C19H23N5O3S. The first-order chi connectivity index (χ1) is 13.3. The molecule has 3 aromatic rings. The van der Waals surface area contributed by atoms with Gasteiger partial charge in [-0.2, -0.15) is 5.10 Å². The van der Waals surface area contributed by atoms with Gasteiger partial charge >= 0.3 is 0 Å². The minimum atomic E-state index is -3.44. The van der Waals surface area contributed by atoms with E-state index >= 15 is 0 Å². The van der Waals surface area contributed by atoms with Crippen LogP contribution in [0.4, 0.5) is 5.82 Å². The summed E-state index contributed by atoms with van der Waals surface area (Å²) in [7, 11) is -3.44. The first-order valence-electron chi connectivity index (χ1n) is 9.31. The lowest BCUT2D eigenvalue weighted by atomic mass is 9.89. The number of nitrogens with zero attached hydrogens (tertiary/aromatic N) is 4. The number of rotatable bonds is 4. The van der Waals surface area contributed by atoms with E-state index < -0.39 is 9.84 Å². The molecule has 1 aromatic carbocycles. The Labute approximate surface area is 163 Å². The molecule has 8 nitrogen and oxygen atoms in total. The van der Waals surface area contributed by atoms with Crippen molar-refractivity contribution in [3.05, 3.63) is 36.3 Å². The van der Waals surface area contributed by atoms with E-state index in [-0.39, 0.29) is 28.5 Å². The molecule has 148 valence electrons. The Morgan fingerprint density at radius 2 is 1.96 bits per heavy atom. The molecule has 1 saturated carbocycles. The molecule has 2 aromatic heterocycles. The molecule has 0 aliphatic heterocycles. The van der Waals surface area contributed by atoms with Crippen LogP contribution in [0.5, 0.6) is 0 Å². The summed E-state index contributed by atoms with van der Waals surface area (Å²) in [6, 6.07) is 5.14. The normalized spacial score (nSPS) is 20.5. The van der Waals surface area contributed by atoms with Gasteiger partial charge in [-0.05, 0) is 56.2 Å². The second-order valence-electron chi connectivity index (χ2n) is 7.46. The highest BCUT2D eigenvalue weighted by atomic mass is 32.2. The van der Waals surface area contributed by atoms with Crippen molar-refractivity contribution in [3.8, 4) is 11.3 Å². The number of imidazole rings is 1. The minimum Gasteiger partial charge on any atom is -0.393 e. The van der Waals surface area contributed by atoms with Crippen LogP contribution in [-0.2, 0) is 9.84 Å². The van der Waals surface area contributed by atoms with Gasteiger partial charge < -0.3 is 10.8 Å². The van der Waals surface area contributed by atoms with Crippen LogP contribution in [0.2, 0.25) is 0 Å². The minimum absolute atomic E-state index is 0.0847. The number of aliphatic hydroxyl groups is 1. The fourth-order valence-electron chi connectivity index (χ4n) is 3.81. The zero-order chi connectivity index (χ0) is 19.9. The lowest BCUT2D eigenvalue weighted by Crippen LogP contribution is -2.24. The first-order valence-corrected chi connectivity index (χ1v) is 11.0. The average molecular weight is 401 g/mol. The molecule has 0 radical (unpaired) electrons. The van der Waals surface area contributed by atoms with Crippen LogP contribution < -0.4 is 5.73 Å². The van der Waals surface area contributed by atoms with Gasteiger partial charge in [0.05, 0.1) is 28.6 Å². The summed E-state index contributed by atoms with van der Waals surface area (Å²) >= 11 is 0. The molecule has 4 rings (SSSR count). The van der Waals surface area contributed by atoms with Gasteiger partial charge in [-0.25, -0.2) is 22.9 Å². The van der Waals surface area contributed by atoms with E-state index in [0.717, 1.165) is 24.0 Å². The molecule has 3 N–H and O–H groups in total. The molecule has 1 fully saturated rings. The molecule has 28 heavy (non-hydrogen) atoms. The number of nitrogen functional groups attached to an aromatic ring is 1. The van der Waals surface area contributed by atoms with Crippen LogP contribution in [0.25, 0.3) is 16.9 Å². The number of aromatic nitrogens is 4. The monoisotopic (exact) mass is 401 g/mol. The molecular weight excluding hydrogens is 378 g/mol. The van der Waals surface area contributed by atoms with Crippen LogP contribution in [0.15, 0.2) is 35.6 Å². The largest absolute Gasteiger partial charge is 0.393 e. The number of aliphatic hydroxyl groups excluding tert-OH is 1. The third kappa shape index (κ3) is 3.47. The summed E-state index contributed by atoms with van der Waals surface area (Å²) in [5.74, 6) is 0.452. The third-order valence-electron chi connectivity index (χ3n) is 5.45. The Balaban J connectivity index is 1.69. The Hall–Kier alpha value is -2.52. The van der Waals surface area contributed by atoms with E-state index in [1.165, 1.54) is 6.33 Å². The molecule has 0 amide bonds. The topological polar surface area (TPSA) is 123 Å². The van der Waals surface area contributed by atoms with Crippen molar-refractivity contribution in [1.82, 2.24) is 19.6 Å². The van der Waals surface area contributed by atoms with Gasteiger partial charge in [0, 0.05) is 5.56 Å². The van der Waals surface area contributed by atoms with E-state index in [9.17, 15) is 13.5 Å². The van der Waals surface area contributed by atoms with Gasteiger partial charge in [0.2, 0.25) is 0 Å². The van der Waals surface area contributed by atoms with Crippen LogP contribution >= 0.6 is 0 Å². The predicted molar refractivity (Wildman–Crippen MR) is 105 cm³/mol. The van der Waals surface area contributed by atoms with Crippen molar-refractivity contribution in [3.63, 3.8) is 0 Å². The lowest BCUT2D eigenvalue weighted by Gasteiger charge is -2.25. The number of nitrogens with two attached hydrogens (primary N) is 1. The fraction of sp³-hybridized carbons (Fsp3) is 0.421. The number of anilines is 1. The van der Waals surface area contributed by atoms with Crippen LogP contribution in [0.3, 0.4) is 0 Å². The maximum atomic E-state index is 13.0. The van der Waals surface area contributed by atoms with E-state index in [0.29, 0.717) is 24.2 Å². The number of benzene rings is 1. The van der Waals surface area contributed by atoms with Gasteiger partial charge in [-0.3, -0.25) is 0 Å². The fourth-order valence-corrected chi connectivity index (χ4v) is 5.53. The molecule has 0 unspecified atom stereocenters. The van der Waals surface area contributed by atoms with Crippen LogP contribution in [0, 0.1) is 12.8 Å². The standard InChI is InChI=1S/C19H23N5O3S/c1-12-2-7-15(28(26,27)10-13-3-5-14(25)6-4-13)8-16(12)17-9-21-19-18(20)22-11-23-24(17)19/h2,7-9,11,13-14,25H,3-6,10H2,1H3,(H2,20,22,23)/t13-,14+.